The van der Waals surface area contributed by atoms with E-state index < -0.39 is 17.5 Å². The highest BCUT2D eigenvalue weighted by atomic mass is 79.9. The summed E-state index contributed by atoms with van der Waals surface area (Å²) < 4.78 is 27.0. The van der Waals surface area contributed by atoms with Crippen LogP contribution < -0.4 is 16.0 Å². The summed E-state index contributed by atoms with van der Waals surface area (Å²) in [5, 5.41) is 7.58. The third-order valence-corrected chi connectivity index (χ3v) is 4.33. The fraction of sp³-hybridized carbons (Fsp3) is 0.211. The van der Waals surface area contributed by atoms with E-state index in [-0.39, 0.29) is 36.9 Å². The normalized spacial score (nSPS) is 10.2. The monoisotopic (exact) mass is 453 g/mol. The van der Waals surface area contributed by atoms with Gasteiger partial charge in [0.25, 0.3) is 5.91 Å². The molecule has 0 spiro atoms. The van der Waals surface area contributed by atoms with E-state index in [0.29, 0.717) is 18.2 Å². The molecule has 2 aromatic carbocycles. The van der Waals surface area contributed by atoms with E-state index in [1.54, 1.807) is 18.2 Å². The van der Waals surface area contributed by atoms with Crippen molar-refractivity contribution in [2.75, 3.05) is 18.4 Å². The van der Waals surface area contributed by atoms with Crippen molar-refractivity contribution >= 4 is 39.3 Å². The highest BCUT2D eigenvalue weighted by Gasteiger charge is 2.12. The van der Waals surface area contributed by atoms with Crippen LogP contribution in [0.2, 0.25) is 0 Å². The van der Waals surface area contributed by atoms with Gasteiger partial charge in [-0.3, -0.25) is 14.4 Å². The quantitative estimate of drug-likeness (QED) is 0.536. The van der Waals surface area contributed by atoms with Crippen LogP contribution in [-0.4, -0.2) is 30.8 Å². The first-order valence-corrected chi connectivity index (χ1v) is 9.20. The maximum Gasteiger partial charge on any atom is 0.254 e. The SMILES string of the molecule is O=C(CCCNC(=O)c1ccc(F)cc1F)NCC(=O)Nc1ccccc1Br. The molecule has 3 N–H and O–H groups in total. The number of para-hydroxylation sites is 1. The minimum Gasteiger partial charge on any atom is -0.352 e. The van der Waals surface area contributed by atoms with Crippen molar-refractivity contribution < 1.29 is 23.2 Å². The van der Waals surface area contributed by atoms with Gasteiger partial charge in [0.1, 0.15) is 11.6 Å². The summed E-state index contributed by atoms with van der Waals surface area (Å²) >= 11 is 3.30. The molecule has 0 aliphatic rings. The predicted molar refractivity (Wildman–Crippen MR) is 104 cm³/mol. The van der Waals surface area contributed by atoms with Crippen molar-refractivity contribution in [3.05, 3.63) is 64.1 Å². The summed E-state index contributed by atoms with van der Waals surface area (Å²) in [6.45, 7) is -0.0560. The minimum absolute atomic E-state index is 0.0779. The summed E-state index contributed by atoms with van der Waals surface area (Å²) in [6.07, 6.45) is 0.376. The summed E-state index contributed by atoms with van der Waals surface area (Å²) in [6, 6.07) is 9.74. The number of benzene rings is 2. The topological polar surface area (TPSA) is 87.3 Å². The third kappa shape index (κ3) is 6.73. The van der Waals surface area contributed by atoms with E-state index in [0.717, 1.165) is 16.6 Å². The lowest BCUT2D eigenvalue weighted by Crippen LogP contribution is -2.33. The number of carbonyl (C=O) groups is 3. The van der Waals surface area contributed by atoms with E-state index in [9.17, 15) is 23.2 Å². The zero-order chi connectivity index (χ0) is 20.5. The number of amides is 3. The van der Waals surface area contributed by atoms with Gasteiger partial charge in [-0.1, -0.05) is 12.1 Å². The first kappa shape index (κ1) is 21.5. The van der Waals surface area contributed by atoms with Crippen LogP contribution in [0.4, 0.5) is 14.5 Å². The molecule has 0 unspecified atom stereocenters. The van der Waals surface area contributed by atoms with Gasteiger partial charge >= 0.3 is 0 Å². The van der Waals surface area contributed by atoms with Gasteiger partial charge in [-0.15, -0.1) is 0 Å². The Bertz CT molecular complexity index is 877. The molecule has 0 aliphatic heterocycles. The molecule has 28 heavy (non-hydrogen) atoms. The number of nitrogens with one attached hydrogen (secondary N) is 3. The number of carbonyl (C=O) groups excluding carboxylic acids is 3. The Labute approximate surface area is 168 Å². The van der Waals surface area contributed by atoms with Crippen LogP contribution in [0.3, 0.4) is 0 Å². The Hall–Kier alpha value is -2.81. The molecule has 0 aromatic heterocycles. The fourth-order valence-corrected chi connectivity index (χ4v) is 2.63. The van der Waals surface area contributed by atoms with E-state index in [4.69, 9.17) is 0 Å². The Morgan fingerprint density at radius 1 is 0.964 bits per heavy atom. The predicted octanol–water partition coefficient (Wildman–Crippen LogP) is 2.99. The Morgan fingerprint density at radius 2 is 1.71 bits per heavy atom. The van der Waals surface area contributed by atoms with Crippen LogP contribution in [0.1, 0.15) is 23.2 Å². The zero-order valence-corrected chi connectivity index (χ0v) is 16.3. The largest absolute Gasteiger partial charge is 0.352 e. The summed E-state index contributed by atoms with van der Waals surface area (Å²) in [7, 11) is 0. The molecule has 0 atom stereocenters. The van der Waals surface area contributed by atoms with Gasteiger partial charge in [0, 0.05) is 23.5 Å². The van der Waals surface area contributed by atoms with Gasteiger partial charge in [-0.2, -0.15) is 0 Å². The molecule has 2 aromatic rings. The van der Waals surface area contributed by atoms with Gasteiger partial charge < -0.3 is 16.0 Å². The summed E-state index contributed by atoms with van der Waals surface area (Å²) in [5.74, 6) is -3.14. The Kier molecular flexibility index (Phi) is 8.06. The van der Waals surface area contributed by atoms with Gasteiger partial charge in [0.05, 0.1) is 17.8 Å². The minimum atomic E-state index is -0.952. The van der Waals surface area contributed by atoms with Crippen molar-refractivity contribution in [1.29, 1.82) is 0 Å². The van der Waals surface area contributed by atoms with Crippen LogP contribution >= 0.6 is 15.9 Å². The second kappa shape index (κ2) is 10.5. The van der Waals surface area contributed by atoms with Gasteiger partial charge in [0.15, 0.2) is 0 Å². The standard InChI is InChI=1S/C19H18BrF2N3O3/c20-14-4-1-2-5-16(14)25-18(27)11-24-17(26)6-3-9-23-19(28)13-8-7-12(21)10-15(13)22/h1-2,4-5,7-8,10H,3,6,9,11H2,(H,23,28)(H,24,26)(H,25,27). The smallest absolute Gasteiger partial charge is 0.254 e. The maximum atomic E-state index is 13.5. The number of anilines is 1. The first-order chi connectivity index (χ1) is 13.4. The molecule has 148 valence electrons. The summed E-state index contributed by atoms with van der Waals surface area (Å²) in [4.78, 5) is 35.4. The molecule has 0 aliphatic carbocycles. The average Bonchev–Trinajstić information content (AvgIpc) is 2.65. The van der Waals surface area contributed by atoms with Crippen LogP contribution in [0.25, 0.3) is 0 Å². The average molecular weight is 454 g/mol. The van der Waals surface area contributed by atoms with Crippen LogP contribution in [-0.2, 0) is 9.59 Å². The van der Waals surface area contributed by atoms with Gasteiger partial charge in [-0.05, 0) is 46.6 Å². The lowest BCUT2D eigenvalue weighted by molar-refractivity contribution is -0.124. The van der Waals surface area contributed by atoms with Crippen LogP contribution in [0.5, 0.6) is 0 Å². The highest BCUT2D eigenvalue weighted by molar-refractivity contribution is 9.10. The van der Waals surface area contributed by atoms with Crippen molar-refractivity contribution in [2.24, 2.45) is 0 Å². The van der Waals surface area contributed by atoms with Gasteiger partial charge in [-0.25, -0.2) is 8.78 Å². The fourth-order valence-electron chi connectivity index (χ4n) is 2.24. The van der Waals surface area contributed by atoms with E-state index >= 15 is 0 Å². The van der Waals surface area contributed by atoms with E-state index in [1.165, 1.54) is 0 Å². The number of rotatable bonds is 8. The molecular weight excluding hydrogens is 436 g/mol. The molecular formula is C19H18BrF2N3O3. The lowest BCUT2D eigenvalue weighted by Gasteiger charge is -2.09. The lowest BCUT2D eigenvalue weighted by atomic mass is 10.2. The molecule has 9 heteroatoms. The Morgan fingerprint density at radius 3 is 2.43 bits per heavy atom. The second-order valence-corrected chi connectivity index (χ2v) is 6.64. The molecule has 0 radical (unpaired) electrons. The Balaban J connectivity index is 1.65. The van der Waals surface area contributed by atoms with Crippen molar-refractivity contribution in [1.82, 2.24) is 10.6 Å². The molecule has 3 amide bonds. The van der Waals surface area contributed by atoms with Crippen molar-refractivity contribution in [3.8, 4) is 0 Å². The van der Waals surface area contributed by atoms with Gasteiger partial charge in [0.2, 0.25) is 11.8 Å². The highest BCUT2D eigenvalue weighted by Crippen LogP contribution is 2.20. The van der Waals surface area contributed by atoms with E-state index in [1.807, 2.05) is 6.07 Å². The molecule has 0 saturated carbocycles. The van der Waals surface area contributed by atoms with Crippen molar-refractivity contribution in [3.63, 3.8) is 0 Å². The van der Waals surface area contributed by atoms with Crippen LogP contribution in [0, 0.1) is 11.6 Å². The van der Waals surface area contributed by atoms with Crippen molar-refractivity contribution in [2.45, 2.75) is 12.8 Å². The molecule has 0 bridgehead atoms. The molecule has 2 rings (SSSR count). The second-order valence-electron chi connectivity index (χ2n) is 5.79. The van der Waals surface area contributed by atoms with Crippen LogP contribution in [0.15, 0.2) is 46.9 Å². The molecule has 0 heterocycles. The molecule has 6 nitrogen and oxygen atoms in total. The first-order valence-electron chi connectivity index (χ1n) is 8.41. The van der Waals surface area contributed by atoms with E-state index in [2.05, 4.69) is 31.9 Å². The summed E-state index contributed by atoms with van der Waals surface area (Å²) in [5.41, 5.74) is 0.326. The third-order valence-electron chi connectivity index (χ3n) is 3.64. The zero-order valence-electron chi connectivity index (χ0n) is 14.7. The molecule has 0 fully saturated rings. The number of hydrogen-bond acceptors (Lipinski definition) is 3. The maximum absolute atomic E-state index is 13.5. The number of halogens is 3. The number of hydrogen-bond donors (Lipinski definition) is 3. The molecule has 0 saturated heterocycles.